The van der Waals surface area contributed by atoms with E-state index in [1.54, 1.807) is 12.3 Å². The molecule has 1 atom stereocenters. The lowest BCUT2D eigenvalue weighted by Crippen LogP contribution is -2.70. The van der Waals surface area contributed by atoms with E-state index in [4.69, 9.17) is 0 Å². The Hall–Kier alpha value is -3.64. The molecule has 39 heavy (non-hydrogen) atoms. The monoisotopic (exact) mass is 538 g/mol. The first-order valence-electron chi connectivity index (χ1n) is 12.9. The number of benzene rings is 1. The van der Waals surface area contributed by atoms with Crippen molar-refractivity contribution in [1.82, 2.24) is 34.3 Å². The SMILES string of the molecule is CN1CC2(C1)CN(Cc1ccc(Nc3ncc(F)c(-c4cc(F)c5nc6n(c5c4)[C@H](C(F)F)CC6)n3)nc1)C2. The molecule has 0 radical (unpaired) electrons. The molecular weight excluding hydrogens is 512 g/mol. The molecule has 12 heteroatoms. The van der Waals surface area contributed by atoms with Gasteiger partial charge in [-0.05, 0) is 37.2 Å². The van der Waals surface area contributed by atoms with Crippen LogP contribution < -0.4 is 5.32 Å². The summed E-state index contributed by atoms with van der Waals surface area (Å²) in [5.41, 5.74) is 1.70. The molecule has 0 bridgehead atoms. The predicted molar refractivity (Wildman–Crippen MR) is 137 cm³/mol. The van der Waals surface area contributed by atoms with Gasteiger partial charge in [0.1, 0.15) is 22.9 Å². The van der Waals surface area contributed by atoms with E-state index in [-0.39, 0.29) is 34.7 Å². The Bertz CT molecular complexity index is 1560. The number of aromatic nitrogens is 5. The van der Waals surface area contributed by atoms with Gasteiger partial charge < -0.3 is 14.8 Å². The molecule has 0 aliphatic carbocycles. The summed E-state index contributed by atoms with van der Waals surface area (Å²) in [5.74, 6) is -0.531. The zero-order valence-electron chi connectivity index (χ0n) is 21.2. The smallest absolute Gasteiger partial charge is 0.259 e. The van der Waals surface area contributed by atoms with E-state index in [9.17, 15) is 17.6 Å². The number of pyridine rings is 1. The van der Waals surface area contributed by atoms with E-state index in [2.05, 4.69) is 42.1 Å². The molecule has 3 aliphatic rings. The molecule has 3 aromatic heterocycles. The van der Waals surface area contributed by atoms with Gasteiger partial charge in [0.05, 0.1) is 17.8 Å². The van der Waals surface area contributed by atoms with Crippen molar-refractivity contribution in [3.8, 4) is 11.3 Å². The Morgan fingerprint density at radius 2 is 1.85 bits per heavy atom. The van der Waals surface area contributed by atoms with Crippen molar-refractivity contribution in [3.63, 3.8) is 0 Å². The van der Waals surface area contributed by atoms with Crippen LogP contribution >= 0.6 is 0 Å². The van der Waals surface area contributed by atoms with Gasteiger partial charge in [0.2, 0.25) is 5.95 Å². The van der Waals surface area contributed by atoms with Gasteiger partial charge in [-0.3, -0.25) is 4.90 Å². The van der Waals surface area contributed by atoms with E-state index in [0.717, 1.165) is 50.6 Å². The molecule has 1 aromatic carbocycles. The topological polar surface area (TPSA) is 75.0 Å². The first kappa shape index (κ1) is 24.4. The lowest BCUT2D eigenvalue weighted by Gasteiger charge is -2.59. The largest absolute Gasteiger partial charge is 0.319 e. The zero-order chi connectivity index (χ0) is 26.9. The van der Waals surface area contributed by atoms with E-state index in [0.29, 0.717) is 23.5 Å². The minimum atomic E-state index is -2.62. The Morgan fingerprint density at radius 3 is 2.56 bits per heavy atom. The first-order valence-corrected chi connectivity index (χ1v) is 12.9. The van der Waals surface area contributed by atoms with Crippen LogP contribution in [0.3, 0.4) is 0 Å². The summed E-state index contributed by atoms with van der Waals surface area (Å²) in [4.78, 5) is 21.6. The lowest BCUT2D eigenvalue weighted by atomic mass is 9.73. The maximum absolute atomic E-state index is 15.0. The number of hydrogen-bond acceptors (Lipinski definition) is 7. The summed E-state index contributed by atoms with van der Waals surface area (Å²) in [7, 11) is 2.14. The van der Waals surface area contributed by atoms with Crippen molar-refractivity contribution in [2.75, 3.05) is 38.5 Å². The number of hydrogen-bond donors (Lipinski definition) is 1. The summed E-state index contributed by atoms with van der Waals surface area (Å²) < 4.78 is 58.3. The Kier molecular flexibility index (Phi) is 5.60. The lowest BCUT2D eigenvalue weighted by molar-refractivity contribution is -0.108. The molecule has 202 valence electrons. The number of nitrogens with zero attached hydrogens (tertiary/aromatic N) is 7. The minimum absolute atomic E-state index is 0.00961. The third-order valence-corrected chi connectivity index (χ3v) is 7.93. The number of halogens is 4. The minimum Gasteiger partial charge on any atom is -0.319 e. The van der Waals surface area contributed by atoms with Crippen LogP contribution in [0.15, 0.2) is 36.7 Å². The third kappa shape index (κ3) is 4.22. The van der Waals surface area contributed by atoms with Crippen LogP contribution in [-0.2, 0) is 13.0 Å². The van der Waals surface area contributed by atoms with Crippen molar-refractivity contribution in [2.24, 2.45) is 5.41 Å². The van der Waals surface area contributed by atoms with Gasteiger partial charge in [-0.25, -0.2) is 37.5 Å². The standard InChI is InChI=1S/C27H26F4N8/c1-37-11-27(12-37)13-38(14-27)10-15-2-4-21(32-8-15)34-26-33-9-18(29)23(36-26)16-6-17(28)24-20(7-16)39-19(25(30)31)3-5-22(39)35-24/h2,4,6-9,19,25H,3,5,10-14H2,1H3,(H,32,33,34,36)/t19-/m0/s1. The molecule has 2 saturated heterocycles. The fourth-order valence-corrected chi connectivity index (χ4v) is 6.44. The van der Waals surface area contributed by atoms with Crippen LogP contribution in [0, 0.1) is 17.0 Å². The second-order valence-corrected chi connectivity index (χ2v) is 11.0. The number of likely N-dealkylation sites (tertiary alicyclic amines) is 2. The predicted octanol–water partition coefficient (Wildman–Crippen LogP) is 4.41. The Morgan fingerprint density at radius 1 is 1.03 bits per heavy atom. The molecular formula is C27H26F4N8. The van der Waals surface area contributed by atoms with E-state index < -0.39 is 24.1 Å². The average Bonchev–Trinajstić information content (AvgIpc) is 3.44. The number of aryl methyl sites for hydroxylation is 1. The first-order chi connectivity index (χ1) is 18.8. The molecule has 6 heterocycles. The van der Waals surface area contributed by atoms with Crippen molar-refractivity contribution in [3.05, 3.63) is 59.7 Å². The number of nitrogens with one attached hydrogen (secondary N) is 1. The highest BCUT2D eigenvalue weighted by Gasteiger charge is 2.49. The average molecular weight is 539 g/mol. The van der Waals surface area contributed by atoms with E-state index >= 15 is 0 Å². The number of anilines is 2. The second kappa shape index (κ2) is 8.95. The van der Waals surface area contributed by atoms with E-state index in [1.165, 1.54) is 10.6 Å². The van der Waals surface area contributed by atoms with Crippen molar-refractivity contribution in [2.45, 2.75) is 31.9 Å². The number of alkyl halides is 2. The van der Waals surface area contributed by atoms with Crippen LogP contribution in [0.5, 0.6) is 0 Å². The molecule has 2 fully saturated rings. The number of imidazole rings is 1. The van der Waals surface area contributed by atoms with Gasteiger partial charge in [-0.2, -0.15) is 0 Å². The van der Waals surface area contributed by atoms with Crippen molar-refractivity contribution < 1.29 is 17.6 Å². The Balaban J connectivity index is 1.10. The fraction of sp³-hybridized carbons (Fsp3) is 0.407. The maximum Gasteiger partial charge on any atom is 0.259 e. The zero-order valence-corrected chi connectivity index (χ0v) is 21.2. The molecule has 4 aromatic rings. The quantitative estimate of drug-likeness (QED) is 0.365. The fourth-order valence-electron chi connectivity index (χ4n) is 6.44. The highest BCUT2D eigenvalue weighted by Crippen LogP contribution is 2.39. The van der Waals surface area contributed by atoms with Crippen LogP contribution in [-0.4, -0.2) is 74.0 Å². The molecule has 0 amide bonds. The Labute approximate surface area is 221 Å². The number of rotatable bonds is 6. The van der Waals surface area contributed by atoms with Gasteiger partial charge >= 0.3 is 0 Å². The maximum atomic E-state index is 15.0. The van der Waals surface area contributed by atoms with E-state index in [1.807, 2.05) is 6.07 Å². The molecule has 0 unspecified atom stereocenters. The third-order valence-electron chi connectivity index (χ3n) is 7.93. The summed E-state index contributed by atoms with van der Waals surface area (Å²) in [6, 6.07) is 5.26. The summed E-state index contributed by atoms with van der Waals surface area (Å²) in [5, 5.41) is 2.97. The second-order valence-electron chi connectivity index (χ2n) is 11.0. The van der Waals surface area contributed by atoms with Crippen LogP contribution in [0.1, 0.15) is 23.9 Å². The normalized spacial score (nSPS) is 20.4. The molecule has 0 saturated carbocycles. The van der Waals surface area contributed by atoms with Gasteiger partial charge in [0, 0.05) is 56.3 Å². The molecule has 8 nitrogen and oxygen atoms in total. The molecule has 3 aliphatic heterocycles. The summed E-state index contributed by atoms with van der Waals surface area (Å²) in [6.07, 6.45) is 0.708. The van der Waals surface area contributed by atoms with Crippen molar-refractivity contribution >= 4 is 22.8 Å². The highest BCUT2D eigenvalue weighted by atomic mass is 19.3. The van der Waals surface area contributed by atoms with Crippen LogP contribution in [0.4, 0.5) is 29.3 Å². The van der Waals surface area contributed by atoms with Gasteiger partial charge in [0.25, 0.3) is 6.43 Å². The summed E-state index contributed by atoms with van der Waals surface area (Å²) in [6.45, 7) is 5.34. The number of fused-ring (bicyclic) bond motifs is 3. The summed E-state index contributed by atoms with van der Waals surface area (Å²) >= 11 is 0. The van der Waals surface area contributed by atoms with Crippen molar-refractivity contribution in [1.29, 1.82) is 0 Å². The highest BCUT2D eigenvalue weighted by molar-refractivity contribution is 5.83. The van der Waals surface area contributed by atoms with Gasteiger partial charge in [0.15, 0.2) is 11.6 Å². The molecule has 1 N–H and O–H groups in total. The van der Waals surface area contributed by atoms with Gasteiger partial charge in [-0.1, -0.05) is 6.07 Å². The molecule has 1 spiro atoms. The van der Waals surface area contributed by atoms with Crippen LogP contribution in [0.2, 0.25) is 0 Å². The van der Waals surface area contributed by atoms with Crippen LogP contribution in [0.25, 0.3) is 22.3 Å². The van der Waals surface area contributed by atoms with Gasteiger partial charge in [-0.15, -0.1) is 0 Å². The molecule has 7 rings (SSSR count).